The van der Waals surface area contributed by atoms with Crippen molar-refractivity contribution in [3.63, 3.8) is 0 Å². The van der Waals surface area contributed by atoms with Gasteiger partial charge in [-0.05, 0) is 22.4 Å². The topological polar surface area (TPSA) is 154 Å². The SMILES string of the molecule is O=C(CCOc1c([N+](=O)[O-])cc(Br)c(OC(F)(F)C(F)(F)F)c1[N+](=O)[O-])NCCCO. The maximum Gasteiger partial charge on any atom is 0.499 e. The highest BCUT2D eigenvalue weighted by atomic mass is 79.9. The van der Waals surface area contributed by atoms with E-state index in [4.69, 9.17) is 9.84 Å². The quantitative estimate of drug-likeness (QED) is 0.193. The molecule has 0 aliphatic rings. The molecule has 31 heavy (non-hydrogen) atoms. The number of nitro groups is 2. The molecular formula is C14H13BrF5N3O8. The van der Waals surface area contributed by atoms with Crippen LogP contribution in [0.4, 0.5) is 33.3 Å². The van der Waals surface area contributed by atoms with Gasteiger partial charge < -0.3 is 19.9 Å². The zero-order chi connectivity index (χ0) is 24.0. The number of benzene rings is 1. The Morgan fingerprint density at radius 1 is 1.16 bits per heavy atom. The van der Waals surface area contributed by atoms with Crippen molar-refractivity contribution in [2.24, 2.45) is 0 Å². The number of rotatable bonds is 11. The van der Waals surface area contributed by atoms with E-state index in [2.05, 4.69) is 26.0 Å². The summed E-state index contributed by atoms with van der Waals surface area (Å²) in [6.45, 7) is -0.888. The second-order valence-corrected chi connectivity index (χ2v) is 6.40. The predicted octanol–water partition coefficient (Wildman–Crippen LogP) is 3.07. The molecule has 11 nitrogen and oxygen atoms in total. The second kappa shape index (κ2) is 10.5. The highest BCUT2D eigenvalue weighted by molar-refractivity contribution is 9.10. The second-order valence-electron chi connectivity index (χ2n) is 5.54. The van der Waals surface area contributed by atoms with E-state index in [9.17, 15) is 47.0 Å². The zero-order valence-electron chi connectivity index (χ0n) is 15.1. The lowest BCUT2D eigenvalue weighted by atomic mass is 10.2. The third-order valence-corrected chi connectivity index (χ3v) is 3.90. The standard InChI is InChI=1S/C14H13BrF5N3O8/c15-7-6-8(22(26)27)12(30-5-2-9(25)21-3-1-4-24)10(23(28)29)11(7)31-14(19,20)13(16,17)18/h6,24H,1-5H2,(H,21,25). The van der Waals surface area contributed by atoms with E-state index < -0.39 is 68.4 Å². The monoisotopic (exact) mass is 525 g/mol. The summed E-state index contributed by atoms with van der Waals surface area (Å²) in [5, 5.41) is 33.5. The molecule has 0 unspecified atom stereocenters. The van der Waals surface area contributed by atoms with Gasteiger partial charge in [-0.1, -0.05) is 0 Å². The first-order chi connectivity index (χ1) is 14.2. The molecule has 0 bridgehead atoms. The van der Waals surface area contributed by atoms with Crippen LogP contribution in [0.2, 0.25) is 0 Å². The van der Waals surface area contributed by atoms with Crippen LogP contribution in [0.1, 0.15) is 12.8 Å². The third-order valence-electron chi connectivity index (χ3n) is 3.32. The van der Waals surface area contributed by atoms with Gasteiger partial charge in [-0.25, -0.2) is 0 Å². The number of nitro benzene ring substituents is 2. The Bertz CT molecular complexity index is 852. The van der Waals surface area contributed by atoms with Crippen LogP contribution < -0.4 is 14.8 Å². The lowest BCUT2D eigenvalue weighted by molar-refractivity contribution is -0.400. The van der Waals surface area contributed by atoms with Crippen molar-refractivity contribution in [2.45, 2.75) is 25.1 Å². The lowest BCUT2D eigenvalue weighted by Gasteiger charge is -2.21. The average molecular weight is 526 g/mol. The van der Waals surface area contributed by atoms with Crippen molar-refractivity contribution >= 4 is 33.2 Å². The van der Waals surface area contributed by atoms with Crippen molar-refractivity contribution < 1.29 is 51.2 Å². The molecule has 0 saturated carbocycles. The molecule has 0 spiro atoms. The molecule has 0 atom stereocenters. The van der Waals surface area contributed by atoms with Gasteiger partial charge in [0.25, 0.3) is 5.75 Å². The average Bonchev–Trinajstić information content (AvgIpc) is 2.62. The van der Waals surface area contributed by atoms with Crippen LogP contribution in [0.5, 0.6) is 11.5 Å². The fourth-order valence-electron chi connectivity index (χ4n) is 1.96. The number of aliphatic hydroxyl groups is 1. The van der Waals surface area contributed by atoms with Crippen LogP contribution >= 0.6 is 15.9 Å². The van der Waals surface area contributed by atoms with E-state index in [1.165, 1.54) is 0 Å². The van der Waals surface area contributed by atoms with Crippen LogP contribution in [0.25, 0.3) is 0 Å². The lowest BCUT2D eigenvalue weighted by Crippen LogP contribution is -2.42. The van der Waals surface area contributed by atoms with Crippen molar-refractivity contribution in [2.75, 3.05) is 19.8 Å². The molecule has 17 heteroatoms. The van der Waals surface area contributed by atoms with Gasteiger partial charge in [-0.2, -0.15) is 22.0 Å². The summed E-state index contributed by atoms with van der Waals surface area (Å²) in [5.74, 6) is -3.63. The number of hydrogen-bond donors (Lipinski definition) is 2. The van der Waals surface area contributed by atoms with Gasteiger partial charge in [0.15, 0.2) is 0 Å². The maximum atomic E-state index is 13.3. The first-order valence-electron chi connectivity index (χ1n) is 8.02. The first kappa shape index (κ1) is 26.2. The van der Waals surface area contributed by atoms with Crippen molar-refractivity contribution in [1.29, 1.82) is 0 Å². The molecule has 0 radical (unpaired) electrons. The summed E-state index contributed by atoms with van der Waals surface area (Å²) >= 11 is 2.44. The number of ether oxygens (including phenoxy) is 2. The largest absolute Gasteiger partial charge is 0.499 e. The van der Waals surface area contributed by atoms with Gasteiger partial charge in [-0.3, -0.25) is 25.0 Å². The van der Waals surface area contributed by atoms with E-state index >= 15 is 0 Å². The Morgan fingerprint density at radius 3 is 2.26 bits per heavy atom. The number of carbonyl (C=O) groups excluding carboxylic acids is 1. The van der Waals surface area contributed by atoms with Crippen molar-refractivity contribution in [1.82, 2.24) is 5.32 Å². The Hall–Kier alpha value is -2.82. The summed E-state index contributed by atoms with van der Waals surface area (Å²) in [6, 6.07) is 0.380. The van der Waals surface area contributed by atoms with E-state index in [0.717, 1.165) is 0 Å². The summed E-state index contributed by atoms with van der Waals surface area (Å²) < 4.78 is 71.4. The Morgan fingerprint density at radius 2 is 1.77 bits per heavy atom. The molecule has 0 aliphatic carbocycles. The van der Waals surface area contributed by atoms with Crippen molar-refractivity contribution in [3.05, 3.63) is 30.8 Å². The highest BCUT2D eigenvalue weighted by Gasteiger charge is 2.62. The van der Waals surface area contributed by atoms with Crippen LogP contribution in [0, 0.1) is 20.2 Å². The smallest absolute Gasteiger partial charge is 0.481 e. The minimum atomic E-state index is -6.25. The summed E-state index contributed by atoms with van der Waals surface area (Å²) in [7, 11) is 0. The summed E-state index contributed by atoms with van der Waals surface area (Å²) in [6.07, 6.45) is -12.4. The molecule has 1 aromatic rings. The number of nitrogens with one attached hydrogen (secondary N) is 1. The van der Waals surface area contributed by atoms with E-state index in [0.29, 0.717) is 6.07 Å². The fourth-order valence-corrected chi connectivity index (χ4v) is 2.44. The molecule has 0 aromatic heterocycles. The molecular weight excluding hydrogens is 513 g/mol. The van der Waals surface area contributed by atoms with E-state index in [-0.39, 0.29) is 19.6 Å². The molecule has 1 amide bonds. The number of halogens is 6. The Kier molecular flexibility index (Phi) is 8.85. The Balaban J connectivity index is 3.33. The number of aliphatic hydroxyl groups excluding tert-OH is 1. The first-order valence-corrected chi connectivity index (χ1v) is 8.81. The molecule has 0 saturated heterocycles. The van der Waals surface area contributed by atoms with Crippen LogP contribution in [-0.4, -0.2) is 52.9 Å². The number of carbonyl (C=O) groups is 1. The number of alkyl halides is 5. The van der Waals surface area contributed by atoms with Crippen LogP contribution in [0.15, 0.2) is 10.5 Å². The van der Waals surface area contributed by atoms with Gasteiger partial charge in [0, 0.05) is 19.2 Å². The molecule has 0 fully saturated rings. The molecule has 2 N–H and O–H groups in total. The molecule has 1 aromatic carbocycles. The normalized spacial score (nSPS) is 11.7. The molecule has 0 aliphatic heterocycles. The maximum absolute atomic E-state index is 13.3. The molecule has 0 heterocycles. The third kappa shape index (κ3) is 6.84. The fraction of sp³-hybridized carbons (Fsp3) is 0.500. The molecule has 1 rings (SSSR count). The van der Waals surface area contributed by atoms with Gasteiger partial charge in [0.2, 0.25) is 11.7 Å². The van der Waals surface area contributed by atoms with Gasteiger partial charge in [-0.15, -0.1) is 0 Å². The van der Waals surface area contributed by atoms with Crippen LogP contribution in [0.3, 0.4) is 0 Å². The summed E-state index contributed by atoms with van der Waals surface area (Å²) in [4.78, 5) is 31.4. The minimum Gasteiger partial charge on any atom is -0.481 e. The number of nitrogens with zero attached hydrogens (tertiary/aromatic N) is 2. The minimum absolute atomic E-state index is 0.0679. The van der Waals surface area contributed by atoms with Gasteiger partial charge in [0.1, 0.15) is 0 Å². The number of hydrogen-bond acceptors (Lipinski definition) is 8. The summed E-state index contributed by atoms with van der Waals surface area (Å²) in [5.41, 5.74) is -2.83. The van der Waals surface area contributed by atoms with Gasteiger partial charge >= 0.3 is 23.7 Å². The van der Waals surface area contributed by atoms with Gasteiger partial charge in [0.05, 0.1) is 27.3 Å². The highest BCUT2D eigenvalue weighted by Crippen LogP contribution is 2.51. The van der Waals surface area contributed by atoms with Crippen molar-refractivity contribution in [3.8, 4) is 11.5 Å². The number of amides is 1. The van der Waals surface area contributed by atoms with Crippen LogP contribution in [-0.2, 0) is 4.79 Å². The Labute approximate surface area is 177 Å². The predicted molar refractivity (Wildman–Crippen MR) is 93.9 cm³/mol. The molecule has 174 valence electrons. The zero-order valence-corrected chi connectivity index (χ0v) is 16.7. The van der Waals surface area contributed by atoms with E-state index in [1.807, 2.05) is 0 Å². The van der Waals surface area contributed by atoms with E-state index in [1.54, 1.807) is 0 Å².